The van der Waals surface area contributed by atoms with Gasteiger partial charge in [-0.15, -0.1) is 0 Å². The van der Waals surface area contributed by atoms with Gasteiger partial charge in [0.2, 0.25) is 0 Å². The maximum absolute atomic E-state index is 5.79. The van der Waals surface area contributed by atoms with Crippen LogP contribution in [-0.4, -0.2) is 14.2 Å². The summed E-state index contributed by atoms with van der Waals surface area (Å²) in [6, 6.07) is 13.2. The number of ether oxygens (including phenoxy) is 2. The number of hydrogen-bond donors (Lipinski definition) is 2. The lowest BCUT2D eigenvalue weighted by atomic mass is 10.2. The standard InChI is InChI=1S/C14H16N2O2/c1-17-13-5-3-11(4-6-13)16-12-7-10(15)8-14(9-12)18-2/h3-9,16H,15H2,1-2H3. The molecule has 0 aliphatic rings. The minimum absolute atomic E-state index is 0.658. The molecule has 0 saturated carbocycles. The summed E-state index contributed by atoms with van der Waals surface area (Å²) < 4.78 is 10.3. The third-order valence-corrected chi connectivity index (χ3v) is 2.54. The van der Waals surface area contributed by atoms with Crippen molar-refractivity contribution in [3.63, 3.8) is 0 Å². The highest BCUT2D eigenvalue weighted by Gasteiger charge is 2.00. The van der Waals surface area contributed by atoms with Gasteiger partial charge in [0.05, 0.1) is 14.2 Å². The van der Waals surface area contributed by atoms with Crippen molar-refractivity contribution < 1.29 is 9.47 Å². The summed E-state index contributed by atoms with van der Waals surface area (Å²) in [7, 11) is 3.26. The van der Waals surface area contributed by atoms with Crippen molar-refractivity contribution in [2.45, 2.75) is 0 Å². The van der Waals surface area contributed by atoms with Crippen LogP contribution in [0.5, 0.6) is 11.5 Å². The van der Waals surface area contributed by atoms with Crippen LogP contribution >= 0.6 is 0 Å². The lowest BCUT2D eigenvalue weighted by Gasteiger charge is -2.10. The quantitative estimate of drug-likeness (QED) is 0.812. The number of nitrogen functional groups attached to an aromatic ring is 1. The van der Waals surface area contributed by atoms with Crippen LogP contribution in [0.2, 0.25) is 0 Å². The molecule has 2 rings (SSSR count). The molecule has 0 heterocycles. The van der Waals surface area contributed by atoms with Crippen molar-refractivity contribution in [2.24, 2.45) is 0 Å². The lowest BCUT2D eigenvalue weighted by Crippen LogP contribution is -1.94. The highest BCUT2D eigenvalue weighted by atomic mass is 16.5. The first kappa shape index (κ1) is 12.1. The van der Waals surface area contributed by atoms with Crippen molar-refractivity contribution in [3.8, 4) is 11.5 Å². The van der Waals surface area contributed by atoms with Crippen LogP contribution in [0.25, 0.3) is 0 Å². The molecule has 0 aromatic heterocycles. The van der Waals surface area contributed by atoms with Crippen molar-refractivity contribution in [2.75, 3.05) is 25.3 Å². The van der Waals surface area contributed by atoms with Crippen LogP contribution in [0, 0.1) is 0 Å². The van der Waals surface area contributed by atoms with E-state index in [0.717, 1.165) is 22.9 Å². The van der Waals surface area contributed by atoms with Crippen molar-refractivity contribution >= 4 is 17.1 Å². The molecule has 0 unspecified atom stereocenters. The van der Waals surface area contributed by atoms with Gasteiger partial charge in [-0.3, -0.25) is 0 Å². The Labute approximate surface area is 106 Å². The molecule has 4 nitrogen and oxygen atoms in total. The third-order valence-electron chi connectivity index (χ3n) is 2.54. The van der Waals surface area contributed by atoms with E-state index in [0.29, 0.717) is 5.69 Å². The molecule has 0 aliphatic heterocycles. The van der Waals surface area contributed by atoms with E-state index in [1.54, 1.807) is 20.3 Å². The minimum atomic E-state index is 0.658. The maximum atomic E-state index is 5.79. The van der Waals surface area contributed by atoms with Gasteiger partial charge < -0.3 is 20.5 Å². The molecule has 0 saturated heterocycles. The number of methoxy groups -OCH3 is 2. The number of rotatable bonds is 4. The van der Waals surface area contributed by atoms with Crippen molar-refractivity contribution in [1.82, 2.24) is 0 Å². The number of benzene rings is 2. The van der Waals surface area contributed by atoms with Crippen LogP contribution in [0.3, 0.4) is 0 Å². The van der Waals surface area contributed by atoms with Gasteiger partial charge in [0.25, 0.3) is 0 Å². The Bertz CT molecular complexity index is 524. The van der Waals surface area contributed by atoms with E-state index < -0.39 is 0 Å². The first-order chi connectivity index (χ1) is 8.71. The zero-order valence-corrected chi connectivity index (χ0v) is 10.4. The van der Waals surface area contributed by atoms with E-state index in [2.05, 4.69) is 5.32 Å². The summed E-state index contributed by atoms with van der Waals surface area (Å²) in [5.41, 5.74) is 8.30. The molecule has 0 radical (unpaired) electrons. The Hall–Kier alpha value is -2.36. The molecule has 0 amide bonds. The third kappa shape index (κ3) is 2.85. The Balaban J connectivity index is 2.19. The van der Waals surface area contributed by atoms with Crippen molar-refractivity contribution in [3.05, 3.63) is 42.5 Å². The second-order valence-corrected chi connectivity index (χ2v) is 3.85. The monoisotopic (exact) mass is 244 g/mol. The molecule has 18 heavy (non-hydrogen) atoms. The average molecular weight is 244 g/mol. The van der Waals surface area contributed by atoms with Crippen molar-refractivity contribution in [1.29, 1.82) is 0 Å². The van der Waals surface area contributed by atoms with E-state index in [1.807, 2.05) is 36.4 Å². The summed E-state index contributed by atoms with van der Waals surface area (Å²) in [5.74, 6) is 1.55. The topological polar surface area (TPSA) is 56.5 Å². The first-order valence-electron chi connectivity index (χ1n) is 5.57. The number of nitrogens with one attached hydrogen (secondary N) is 1. The first-order valence-corrected chi connectivity index (χ1v) is 5.57. The Kier molecular flexibility index (Phi) is 3.57. The fourth-order valence-corrected chi connectivity index (χ4v) is 1.65. The van der Waals surface area contributed by atoms with Gasteiger partial charge in [0, 0.05) is 29.2 Å². The Morgan fingerprint density at radius 2 is 1.50 bits per heavy atom. The highest BCUT2D eigenvalue weighted by molar-refractivity contribution is 5.66. The number of anilines is 3. The summed E-state index contributed by atoms with van der Waals surface area (Å²) in [6.45, 7) is 0. The van der Waals surface area contributed by atoms with Crippen LogP contribution in [0.1, 0.15) is 0 Å². The largest absolute Gasteiger partial charge is 0.497 e. The Morgan fingerprint density at radius 1 is 0.833 bits per heavy atom. The predicted molar refractivity (Wildman–Crippen MR) is 73.7 cm³/mol. The highest BCUT2D eigenvalue weighted by Crippen LogP contribution is 2.26. The summed E-state index contributed by atoms with van der Waals surface area (Å²) in [6.07, 6.45) is 0. The fraction of sp³-hybridized carbons (Fsp3) is 0.143. The zero-order valence-electron chi connectivity index (χ0n) is 10.4. The Morgan fingerprint density at radius 3 is 2.11 bits per heavy atom. The summed E-state index contributed by atoms with van der Waals surface area (Å²) in [4.78, 5) is 0. The molecular weight excluding hydrogens is 228 g/mol. The molecule has 2 aromatic carbocycles. The van der Waals surface area contributed by atoms with Gasteiger partial charge in [0.15, 0.2) is 0 Å². The minimum Gasteiger partial charge on any atom is -0.497 e. The van der Waals surface area contributed by atoms with Crippen LogP contribution in [0.4, 0.5) is 17.1 Å². The molecule has 3 N–H and O–H groups in total. The lowest BCUT2D eigenvalue weighted by molar-refractivity contribution is 0.414. The van der Waals surface area contributed by atoms with Gasteiger partial charge in [-0.05, 0) is 30.3 Å². The van der Waals surface area contributed by atoms with E-state index in [4.69, 9.17) is 15.2 Å². The van der Waals surface area contributed by atoms with Gasteiger partial charge in [-0.2, -0.15) is 0 Å². The summed E-state index contributed by atoms with van der Waals surface area (Å²) in [5, 5.41) is 3.26. The van der Waals surface area contributed by atoms with E-state index in [1.165, 1.54) is 0 Å². The zero-order chi connectivity index (χ0) is 13.0. The second-order valence-electron chi connectivity index (χ2n) is 3.85. The normalized spacial score (nSPS) is 9.89. The molecule has 0 fully saturated rings. The van der Waals surface area contributed by atoms with Crippen LogP contribution < -0.4 is 20.5 Å². The fourth-order valence-electron chi connectivity index (χ4n) is 1.65. The molecule has 0 atom stereocenters. The molecular formula is C14H16N2O2. The number of hydrogen-bond acceptors (Lipinski definition) is 4. The second kappa shape index (κ2) is 5.31. The maximum Gasteiger partial charge on any atom is 0.122 e. The molecule has 0 aliphatic carbocycles. The number of nitrogens with two attached hydrogens (primary N) is 1. The SMILES string of the molecule is COc1ccc(Nc2cc(N)cc(OC)c2)cc1. The van der Waals surface area contributed by atoms with Gasteiger partial charge in [-0.1, -0.05) is 0 Å². The van der Waals surface area contributed by atoms with Gasteiger partial charge in [-0.25, -0.2) is 0 Å². The van der Waals surface area contributed by atoms with Crippen LogP contribution in [-0.2, 0) is 0 Å². The van der Waals surface area contributed by atoms with E-state index >= 15 is 0 Å². The van der Waals surface area contributed by atoms with E-state index in [9.17, 15) is 0 Å². The van der Waals surface area contributed by atoms with E-state index in [-0.39, 0.29) is 0 Å². The smallest absolute Gasteiger partial charge is 0.122 e. The van der Waals surface area contributed by atoms with Gasteiger partial charge >= 0.3 is 0 Å². The van der Waals surface area contributed by atoms with Crippen LogP contribution in [0.15, 0.2) is 42.5 Å². The molecule has 0 spiro atoms. The van der Waals surface area contributed by atoms with Gasteiger partial charge in [0.1, 0.15) is 11.5 Å². The molecule has 94 valence electrons. The average Bonchev–Trinajstić information content (AvgIpc) is 2.39. The molecule has 0 bridgehead atoms. The summed E-state index contributed by atoms with van der Waals surface area (Å²) >= 11 is 0. The molecule has 2 aromatic rings. The molecule has 4 heteroatoms. The predicted octanol–water partition coefficient (Wildman–Crippen LogP) is 3.03.